The van der Waals surface area contributed by atoms with E-state index in [1.165, 1.54) is 0 Å². The first-order valence-electron chi connectivity index (χ1n) is 9.56. The van der Waals surface area contributed by atoms with Crippen LogP contribution in [-0.2, 0) is 20.8 Å². The molecule has 0 aliphatic carbocycles. The third-order valence-electron chi connectivity index (χ3n) is 5.99. The van der Waals surface area contributed by atoms with Crippen LogP contribution in [0.4, 0.5) is 0 Å². The van der Waals surface area contributed by atoms with Crippen molar-refractivity contribution in [1.82, 2.24) is 20.0 Å². The number of hydrogen-bond donors (Lipinski definition) is 2. The predicted octanol–water partition coefficient (Wildman–Crippen LogP) is 1.63. The molecule has 1 aromatic heterocycles. The molecule has 9 heteroatoms. The van der Waals surface area contributed by atoms with Gasteiger partial charge in [0.05, 0.1) is 17.4 Å². The summed E-state index contributed by atoms with van der Waals surface area (Å²) in [6, 6.07) is 0.321. The number of carboxylic acid groups (broad SMARTS) is 1. The van der Waals surface area contributed by atoms with Crippen molar-refractivity contribution in [3.8, 4) is 0 Å². The van der Waals surface area contributed by atoms with Gasteiger partial charge in [-0.3, -0.25) is 19.5 Å². The lowest BCUT2D eigenvalue weighted by molar-refractivity contribution is -0.144. The zero-order valence-corrected chi connectivity index (χ0v) is 17.6. The van der Waals surface area contributed by atoms with Crippen LogP contribution in [0.25, 0.3) is 0 Å². The Balaban J connectivity index is 0.000000878. The fraction of sp³-hybridized carbons (Fsp3) is 0.684. The summed E-state index contributed by atoms with van der Waals surface area (Å²) in [6.07, 6.45) is 10.0. The van der Waals surface area contributed by atoms with Crippen LogP contribution in [0.1, 0.15) is 38.2 Å². The van der Waals surface area contributed by atoms with Crippen LogP contribution in [0.2, 0.25) is 0 Å². The summed E-state index contributed by atoms with van der Waals surface area (Å²) >= 11 is 1.56. The first-order chi connectivity index (χ1) is 13.4. The van der Waals surface area contributed by atoms with E-state index in [2.05, 4.69) is 17.1 Å². The summed E-state index contributed by atoms with van der Waals surface area (Å²) in [5.74, 6) is 0.911. The predicted molar refractivity (Wildman–Crippen MR) is 108 cm³/mol. The smallest absolute Gasteiger partial charge is 0.290 e. The molecule has 3 atom stereocenters. The van der Waals surface area contributed by atoms with Gasteiger partial charge in [-0.05, 0) is 43.9 Å². The van der Waals surface area contributed by atoms with Gasteiger partial charge in [0.15, 0.2) is 0 Å². The molecule has 2 aliphatic rings. The third kappa shape index (κ3) is 4.34. The van der Waals surface area contributed by atoms with Crippen LogP contribution in [0, 0.1) is 5.41 Å². The monoisotopic (exact) mass is 410 g/mol. The van der Waals surface area contributed by atoms with Crippen LogP contribution in [0.15, 0.2) is 12.4 Å². The maximum Gasteiger partial charge on any atom is 0.290 e. The fourth-order valence-electron chi connectivity index (χ4n) is 4.71. The standard InChI is InChI=1S/C18H28N4O2S.CH2O2/c1-4-18(17(24)21(2)8-7-13-10-19-20-11-13)9-14-5-6-15(18)22(14)16(23)12-25-3;2-1-3/h10-11,14-15H,4-9,12H2,1-3H3,(H,19,20);1H,(H,2,3)/t14-,15+,18+;/m0./s1. The van der Waals surface area contributed by atoms with Crippen molar-refractivity contribution in [2.75, 3.05) is 25.6 Å². The molecule has 0 saturated carbocycles. The number of carbonyl (C=O) groups excluding carboxylic acids is 2. The van der Waals surface area contributed by atoms with E-state index >= 15 is 0 Å². The molecule has 3 heterocycles. The second-order valence-corrected chi connectivity index (χ2v) is 8.25. The molecule has 0 spiro atoms. The van der Waals surface area contributed by atoms with Crippen molar-refractivity contribution in [3.63, 3.8) is 0 Å². The van der Waals surface area contributed by atoms with Gasteiger partial charge in [0, 0.05) is 31.9 Å². The summed E-state index contributed by atoms with van der Waals surface area (Å²) in [5.41, 5.74) is 0.706. The molecule has 8 nitrogen and oxygen atoms in total. The number of H-pyrrole nitrogens is 1. The number of amides is 2. The second-order valence-electron chi connectivity index (χ2n) is 7.38. The Labute approximate surface area is 170 Å². The van der Waals surface area contributed by atoms with E-state index < -0.39 is 5.41 Å². The topological polar surface area (TPSA) is 107 Å². The molecule has 2 N–H and O–H groups in total. The van der Waals surface area contributed by atoms with E-state index in [-0.39, 0.29) is 30.4 Å². The van der Waals surface area contributed by atoms with Gasteiger partial charge in [0.1, 0.15) is 0 Å². The number of thioether (sulfide) groups is 1. The molecule has 2 saturated heterocycles. The highest BCUT2D eigenvalue weighted by Gasteiger charge is 2.60. The Morgan fingerprint density at radius 3 is 2.79 bits per heavy atom. The molecule has 0 radical (unpaired) electrons. The fourth-order valence-corrected chi connectivity index (χ4v) is 5.11. The minimum absolute atomic E-state index is 0.0750. The molecule has 0 unspecified atom stereocenters. The first-order valence-corrected chi connectivity index (χ1v) is 11.0. The van der Waals surface area contributed by atoms with Gasteiger partial charge in [0.2, 0.25) is 11.8 Å². The molecule has 1 aromatic rings. The van der Waals surface area contributed by atoms with Gasteiger partial charge in [-0.25, -0.2) is 0 Å². The molecule has 2 aliphatic heterocycles. The van der Waals surface area contributed by atoms with E-state index in [1.807, 2.05) is 29.3 Å². The van der Waals surface area contributed by atoms with Crippen LogP contribution in [-0.4, -0.2) is 81.1 Å². The summed E-state index contributed by atoms with van der Waals surface area (Å²) in [6.45, 7) is 2.52. The highest BCUT2D eigenvalue weighted by molar-refractivity contribution is 7.99. The Hall–Kier alpha value is -2.03. The number of aromatic nitrogens is 2. The zero-order valence-electron chi connectivity index (χ0n) is 16.8. The lowest BCUT2D eigenvalue weighted by Gasteiger charge is -2.38. The quantitative estimate of drug-likeness (QED) is 0.662. The van der Waals surface area contributed by atoms with Crippen molar-refractivity contribution in [2.24, 2.45) is 5.41 Å². The minimum atomic E-state index is -0.401. The number of carbonyl (C=O) groups is 3. The summed E-state index contributed by atoms with van der Waals surface area (Å²) in [7, 11) is 1.89. The molecular weight excluding hydrogens is 380 g/mol. The summed E-state index contributed by atoms with van der Waals surface area (Å²) in [5, 5.41) is 13.7. The number of likely N-dealkylation sites (N-methyl/N-ethyl adjacent to an activating group) is 1. The Morgan fingerprint density at radius 1 is 1.50 bits per heavy atom. The van der Waals surface area contributed by atoms with Crippen molar-refractivity contribution in [3.05, 3.63) is 18.0 Å². The molecule has 2 bridgehead atoms. The van der Waals surface area contributed by atoms with Crippen molar-refractivity contribution in [1.29, 1.82) is 0 Å². The SMILES string of the molecule is CC[C@@]1(C(=O)N(C)CCc2cn[nH]c2)C[C@@H]2CC[C@H]1N2C(=O)CSC.O=CO. The molecule has 0 aromatic carbocycles. The van der Waals surface area contributed by atoms with Gasteiger partial charge in [-0.1, -0.05) is 6.92 Å². The lowest BCUT2D eigenvalue weighted by atomic mass is 9.71. The van der Waals surface area contributed by atoms with E-state index in [0.717, 1.165) is 37.7 Å². The van der Waals surface area contributed by atoms with Crippen LogP contribution in [0.3, 0.4) is 0 Å². The van der Waals surface area contributed by atoms with Gasteiger partial charge >= 0.3 is 0 Å². The van der Waals surface area contributed by atoms with Crippen LogP contribution < -0.4 is 0 Å². The van der Waals surface area contributed by atoms with Gasteiger partial charge < -0.3 is 14.9 Å². The van der Waals surface area contributed by atoms with Crippen LogP contribution in [0.5, 0.6) is 0 Å². The molecule has 3 rings (SSSR count). The van der Waals surface area contributed by atoms with Gasteiger partial charge in [-0.15, -0.1) is 0 Å². The number of nitrogens with one attached hydrogen (secondary N) is 1. The van der Waals surface area contributed by atoms with Crippen molar-refractivity contribution < 1.29 is 19.5 Å². The molecule has 28 heavy (non-hydrogen) atoms. The zero-order chi connectivity index (χ0) is 20.7. The maximum absolute atomic E-state index is 13.3. The largest absolute Gasteiger partial charge is 0.483 e. The summed E-state index contributed by atoms with van der Waals surface area (Å²) in [4.78, 5) is 38.1. The highest BCUT2D eigenvalue weighted by Crippen LogP contribution is 2.52. The average molecular weight is 411 g/mol. The van der Waals surface area contributed by atoms with E-state index in [0.29, 0.717) is 12.3 Å². The Kier molecular flexibility index (Phi) is 7.91. The number of aromatic amines is 1. The third-order valence-corrected chi connectivity index (χ3v) is 6.53. The molecule has 2 fully saturated rings. The van der Waals surface area contributed by atoms with Gasteiger partial charge in [0.25, 0.3) is 6.47 Å². The van der Waals surface area contributed by atoms with E-state index in [1.54, 1.807) is 18.0 Å². The average Bonchev–Trinajstić information content (AvgIpc) is 3.41. The Morgan fingerprint density at radius 2 is 2.21 bits per heavy atom. The normalized spacial score (nSPS) is 25.2. The number of rotatable bonds is 7. The Bertz CT molecular complexity index is 669. The minimum Gasteiger partial charge on any atom is -0.483 e. The second kappa shape index (κ2) is 9.95. The number of fused-ring (bicyclic) bond motifs is 2. The van der Waals surface area contributed by atoms with Gasteiger partial charge in [-0.2, -0.15) is 16.9 Å². The highest BCUT2D eigenvalue weighted by atomic mass is 32.2. The van der Waals surface area contributed by atoms with Crippen LogP contribution >= 0.6 is 11.8 Å². The molecule has 156 valence electrons. The van der Waals surface area contributed by atoms with E-state index in [4.69, 9.17) is 9.90 Å². The lowest BCUT2D eigenvalue weighted by Crippen LogP contribution is -2.50. The number of nitrogens with zero attached hydrogens (tertiary/aromatic N) is 3. The molecule has 2 amide bonds. The summed E-state index contributed by atoms with van der Waals surface area (Å²) < 4.78 is 0. The maximum atomic E-state index is 13.3. The van der Waals surface area contributed by atoms with Crippen molar-refractivity contribution >= 4 is 30.0 Å². The first kappa shape index (κ1) is 22.3. The van der Waals surface area contributed by atoms with Crippen molar-refractivity contribution in [2.45, 2.75) is 51.1 Å². The molecular formula is C19H30N4O4S. The number of hydrogen-bond acceptors (Lipinski definition) is 5. The van der Waals surface area contributed by atoms with E-state index in [9.17, 15) is 9.59 Å².